The Balaban J connectivity index is 1.98. The summed E-state index contributed by atoms with van der Waals surface area (Å²) in [5.41, 5.74) is 6.81. The molecule has 1 aliphatic rings. The molecule has 0 amide bonds. The molecule has 0 atom stereocenters. The van der Waals surface area contributed by atoms with E-state index in [1.165, 1.54) is 0 Å². The van der Waals surface area contributed by atoms with Gasteiger partial charge in [0.05, 0.1) is 0 Å². The van der Waals surface area contributed by atoms with Crippen molar-refractivity contribution in [2.75, 3.05) is 7.05 Å². The predicted molar refractivity (Wildman–Crippen MR) is 74.8 cm³/mol. The van der Waals surface area contributed by atoms with Gasteiger partial charge in [-0.25, -0.2) is 0 Å². The van der Waals surface area contributed by atoms with Gasteiger partial charge in [-0.05, 0) is 50.9 Å². The number of aromatic hydroxyl groups is 1. The zero-order valence-corrected chi connectivity index (χ0v) is 11.5. The first-order valence-electron chi connectivity index (χ1n) is 6.49. The van der Waals surface area contributed by atoms with Crippen LogP contribution in [0, 0.1) is 0 Å². The first-order valence-corrected chi connectivity index (χ1v) is 6.87. The van der Waals surface area contributed by atoms with Crippen molar-refractivity contribution in [3.05, 3.63) is 28.8 Å². The van der Waals surface area contributed by atoms with Crippen LogP contribution in [0.25, 0.3) is 0 Å². The number of halogens is 1. The minimum atomic E-state index is 0.318. The van der Waals surface area contributed by atoms with Gasteiger partial charge in [0.1, 0.15) is 5.75 Å². The molecule has 1 fully saturated rings. The van der Waals surface area contributed by atoms with Gasteiger partial charge in [0, 0.05) is 29.2 Å². The SMILES string of the molecule is CN(Cc1cc(Cl)ccc1O)C1CCC(N)CC1. The lowest BCUT2D eigenvalue weighted by Gasteiger charge is -2.33. The molecular formula is C14H21ClN2O. The maximum atomic E-state index is 9.82. The highest BCUT2D eigenvalue weighted by Gasteiger charge is 2.22. The van der Waals surface area contributed by atoms with E-state index in [-0.39, 0.29) is 0 Å². The minimum absolute atomic E-state index is 0.318. The van der Waals surface area contributed by atoms with Crippen molar-refractivity contribution in [2.45, 2.75) is 44.3 Å². The molecule has 0 radical (unpaired) electrons. The summed E-state index contributed by atoms with van der Waals surface area (Å²) in [6, 6.07) is 6.13. The fourth-order valence-electron chi connectivity index (χ4n) is 2.62. The number of hydrogen-bond acceptors (Lipinski definition) is 3. The number of nitrogens with two attached hydrogens (primary N) is 1. The number of nitrogens with zero attached hydrogens (tertiary/aromatic N) is 1. The molecule has 1 saturated carbocycles. The lowest BCUT2D eigenvalue weighted by Crippen LogP contribution is -2.38. The van der Waals surface area contributed by atoms with Crippen LogP contribution in [0.3, 0.4) is 0 Å². The van der Waals surface area contributed by atoms with E-state index in [9.17, 15) is 5.11 Å². The summed E-state index contributed by atoms with van der Waals surface area (Å²) in [4.78, 5) is 2.29. The van der Waals surface area contributed by atoms with E-state index in [0.29, 0.717) is 22.9 Å². The van der Waals surface area contributed by atoms with Crippen LogP contribution in [0.15, 0.2) is 18.2 Å². The summed E-state index contributed by atoms with van der Waals surface area (Å²) in [6.07, 6.45) is 4.46. The van der Waals surface area contributed by atoms with E-state index in [4.69, 9.17) is 17.3 Å². The Labute approximate surface area is 114 Å². The average Bonchev–Trinajstić information content (AvgIpc) is 2.34. The molecule has 0 aromatic heterocycles. The molecule has 1 aromatic rings. The van der Waals surface area contributed by atoms with E-state index in [1.54, 1.807) is 12.1 Å². The minimum Gasteiger partial charge on any atom is -0.508 e. The van der Waals surface area contributed by atoms with Gasteiger partial charge in [0.2, 0.25) is 0 Å². The van der Waals surface area contributed by atoms with Crippen LogP contribution < -0.4 is 5.73 Å². The van der Waals surface area contributed by atoms with Crippen molar-refractivity contribution < 1.29 is 5.11 Å². The van der Waals surface area contributed by atoms with Gasteiger partial charge in [0.25, 0.3) is 0 Å². The van der Waals surface area contributed by atoms with Crippen LogP contribution in [0.5, 0.6) is 5.75 Å². The molecular weight excluding hydrogens is 248 g/mol. The van der Waals surface area contributed by atoms with E-state index in [2.05, 4.69) is 11.9 Å². The van der Waals surface area contributed by atoms with Gasteiger partial charge in [-0.1, -0.05) is 11.6 Å². The van der Waals surface area contributed by atoms with Gasteiger partial charge in [-0.3, -0.25) is 4.90 Å². The smallest absolute Gasteiger partial charge is 0.120 e. The predicted octanol–water partition coefficient (Wildman–Crippen LogP) is 2.75. The van der Waals surface area contributed by atoms with Crippen LogP contribution in [-0.4, -0.2) is 29.1 Å². The lowest BCUT2D eigenvalue weighted by molar-refractivity contribution is 0.175. The molecule has 0 unspecified atom stereocenters. The van der Waals surface area contributed by atoms with Crippen molar-refractivity contribution in [3.8, 4) is 5.75 Å². The number of benzene rings is 1. The molecule has 18 heavy (non-hydrogen) atoms. The lowest BCUT2D eigenvalue weighted by atomic mass is 9.91. The number of hydrogen-bond donors (Lipinski definition) is 2. The fraction of sp³-hybridized carbons (Fsp3) is 0.571. The summed E-state index contributed by atoms with van der Waals surface area (Å²) in [7, 11) is 2.10. The second-order valence-corrected chi connectivity index (χ2v) is 5.69. The van der Waals surface area contributed by atoms with E-state index in [0.717, 1.165) is 37.8 Å². The summed E-state index contributed by atoms with van der Waals surface area (Å²) < 4.78 is 0. The molecule has 4 heteroatoms. The number of phenolic OH excluding ortho intramolecular Hbond substituents is 1. The first kappa shape index (κ1) is 13.7. The fourth-order valence-corrected chi connectivity index (χ4v) is 2.82. The van der Waals surface area contributed by atoms with Crippen LogP contribution in [0.1, 0.15) is 31.2 Å². The molecule has 0 heterocycles. The molecule has 0 aliphatic heterocycles. The third-order valence-electron chi connectivity index (χ3n) is 3.83. The van der Waals surface area contributed by atoms with E-state index < -0.39 is 0 Å². The normalized spacial score (nSPS) is 24.4. The van der Waals surface area contributed by atoms with Crippen molar-refractivity contribution in [1.29, 1.82) is 0 Å². The Morgan fingerprint density at radius 1 is 1.33 bits per heavy atom. The third-order valence-corrected chi connectivity index (χ3v) is 4.06. The van der Waals surface area contributed by atoms with Gasteiger partial charge in [-0.2, -0.15) is 0 Å². The summed E-state index contributed by atoms with van der Waals surface area (Å²) in [5.74, 6) is 0.318. The van der Waals surface area contributed by atoms with Gasteiger partial charge < -0.3 is 10.8 Å². The Hall–Kier alpha value is -0.770. The van der Waals surface area contributed by atoms with Crippen LogP contribution in [0.4, 0.5) is 0 Å². The highest BCUT2D eigenvalue weighted by atomic mass is 35.5. The largest absolute Gasteiger partial charge is 0.508 e. The van der Waals surface area contributed by atoms with Crippen LogP contribution in [-0.2, 0) is 6.54 Å². The van der Waals surface area contributed by atoms with Crippen LogP contribution >= 0.6 is 11.6 Å². The molecule has 3 N–H and O–H groups in total. The molecule has 0 spiro atoms. The maximum absolute atomic E-state index is 9.82. The zero-order valence-electron chi connectivity index (χ0n) is 10.8. The second-order valence-electron chi connectivity index (χ2n) is 5.26. The summed E-state index contributed by atoms with van der Waals surface area (Å²) >= 11 is 5.96. The van der Waals surface area contributed by atoms with Crippen LogP contribution in [0.2, 0.25) is 5.02 Å². The summed E-state index contributed by atoms with van der Waals surface area (Å²) in [6.45, 7) is 0.728. The summed E-state index contributed by atoms with van der Waals surface area (Å²) in [5, 5.41) is 10.5. The molecule has 1 aromatic carbocycles. The van der Waals surface area contributed by atoms with Gasteiger partial charge in [-0.15, -0.1) is 0 Å². The van der Waals surface area contributed by atoms with Crippen molar-refractivity contribution in [2.24, 2.45) is 5.73 Å². The van der Waals surface area contributed by atoms with Crippen molar-refractivity contribution in [3.63, 3.8) is 0 Å². The molecule has 100 valence electrons. The molecule has 2 rings (SSSR count). The highest BCUT2D eigenvalue weighted by Crippen LogP contribution is 2.26. The Morgan fingerprint density at radius 3 is 2.67 bits per heavy atom. The zero-order chi connectivity index (χ0) is 13.1. The van der Waals surface area contributed by atoms with Gasteiger partial charge >= 0.3 is 0 Å². The average molecular weight is 269 g/mol. The first-order chi connectivity index (χ1) is 8.56. The van der Waals surface area contributed by atoms with Crippen molar-refractivity contribution in [1.82, 2.24) is 4.90 Å². The Bertz CT molecular complexity index is 403. The Kier molecular flexibility index (Phi) is 4.49. The monoisotopic (exact) mass is 268 g/mol. The molecule has 0 saturated heterocycles. The molecule has 0 bridgehead atoms. The topological polar surface area (TPSA) is 49.5 Å². The Morgan fingerprint density at radius 2 is 2.00 bits per heavy atom. The standard InChI is InChI=1S/C14H21ClN2O/c1-17(13-5-3-12(16)4-6-13)9-10-8-11(15)2-7-14(10)18/h2,7-8,12-13,18H,3-6,9,16H2,1H3. The third kappa shape index (κ3) is 3.37. The van der Waals surface area contributed by atoms with Crippen molar-refractivity contribution >= 4 is 11.6 Å². The molecule has 3 nitrogen and oxygen atoms in total. The quantitative estimate of drug-likeness (QED) is 0.886. The van der Waals surface area contributed by atoms with E-state index >= 15 is 0 Å². The highest BCUT2D eigenvalue weighted by molar-refractivity contribution is 6.30. The number of rotatable bonds is 3. The molecule has 1 aliphatic carbocycles. The number of phenols is 1. The second kappa shape index (κ2) is 5.91. The van der Waals surface area contributed by atoms with Gasteiger partial charge in [0.15, 0.2) is 0 Å². The van der Waals surface area contributed by atoms with E-state index in [1.807, 2.05) is 6.07 Å². The maximum Gasteiger partial charge on any atom is 0.120 e.